The molecule has 1 aromatic carbocycles. The Morgan fingerprint density at radius 2 is 1.82 bits per heavy atom. The van der Waals surface area contributed by atoms with Crippen molar-refractivity contribution in [2.45, 2.75) is 0 Å². The lowest BCUT2D eigenvalue weighted by Crippen LogP contribution is -1.90. The van der Waals surface area contributed by atoms with E-state index in [2.05, 4.69) is 20.9 Å². The summed E-state index contributed by atoms with van der Waals surface area (Å²) in [5.41, 5.74) is 2.21. The minimum atomic E-state index is 0.567. The third-order valence-electron chi connectivity index (χ3n) is 2.26. The fraction of sp³-hybridized carbons (Fsp3) is 0. The van der Waals surface area contributed by atoms with Gasteiger partial charge in [-0.2, -0.15) is 0 Å². The third-order valence-corrected chi connectivity index (χ3v) is 2.70. The minimum Gasteiger partial charge on any atom is -0.298 e. The maximum Gasteiger partial charge on any atom is 0.152 e. The SMILES string of the molecule is O=CC(=Cc1ccccc1)c1cccc(Br)n1. The molecule has 0 fully saturated rings. The van der Waals surface area contributed by atoms with E-state index in [1.807, 2.05) is 54.6 Å². The number of carbonyl (C=O) groups is 1. The van der Waals surface area contributed by atoms with E-state index in [1.54, 1.807) is 0 Å². The normalized spacial score (nSPS) is 11.2. The highest BCUT2D eigenvalue weighted by Gasteiger charge is 2.02. The first-order valence-electron chi connectivity index (χ1n) is 5.14. The molecule has 17 heavy (non-hydrogen) atoms. The zero-order chi connectivity index (χ0) is 12.1. The van der Waals surface area contributed by atoms with Crippen LogP contribution in [0.15, 0.2) is 53.1 Å². The molecular weight excluding hydrogens is 278 g/mol. The fourth-order valence-electron chi connectivity index (χ4n) is 1.47. The van der Waals surface area contributed by atoms with Crippen molar-refractivity contribution in [3.63, 3.8) is 0 Å². The second kappa shape index (κ2) is 5.55. The summed E-state index contributed by atoms with van der Waals surface area (Å²) in [5, 5.41) is 0. The Kier molecular flexibility index (Phi) is 3.83. The van der Waals surface area contributed by atoms with Crippen LogP contribution in [0, 0.1) is 0 Å². The van der Waals surface area contributed by atoms with Crippen molar-refractivity contribution in [1.29, 1.82) is 0 Å². The van der Waals surface area contributed by atoms with Gasteiger partial charge in [0, 0.05) is 5.57 Å². The summed E-state index contributed by atoms with van der Waals surface area (Å²) < 4.78 is 0.718. The molecule has 0 aliphatic rings. The van der Waals surface area contributed by atoms with Gasteiger partial charge in [0.25, 0.3) is 0 Å². The van der Waals surface area contributed by atoms with Crippen molar-refractivity contribution < 1.29 is 4.79 Å². The van der Waals surface area contributed by atoms with Gasteiger partial charge in [-0.05, 0) is 39.7 Å². The van der Waals surface area contributed by atoms with Gasteiger partial charge in [0.15, 0.2) is 6.29 Å². The van der Waals surface area contributed by atoms with Crippen LogP contribution < -0.4 is 0 Å². The average molecular weight is 288 g/mol. The highest BCUT2D eigenvalue weighted by molar-refractivity contribution is 9.10. The topological polar surface area (TPSA) is 30.0 Å². The van der Waals surface area contributed by atoms with Crippen molar-refractivity contribution >= 4 is 33.9 Å². The van der Waals surface area contributed by atoms with Crippen LogP contribution in [0.25, 0.3) is 11.6 Å². The Hall–Kier alpha value is -1.74. The molecule has 0 saturated heterocycles. The molecule has 3 heteroatoms. The molecule has 0 bridgehead atoms. The zero-order valence-corrected chi connectivity index (χ0v) is 10.6. The predicted octanol–water partition coefficient (Wildman–Crippen LogP) is 3.58. The molecule has 0 N–H and O–H groups in total. The number of carbonyl (C=O) groups excluding carboxylic acids is 1. The Morgan fingerprint density at radius 3 is 2.47 bits per heavy atom. The fourth-order valence-corrected chi connectivity index (χ4v) is 1.81. The number of pyridine rings is 1. The monoisotopic (exact) mass is 287 g/mol. The largest absolute Gasteiger partial charge is 0.298 e. The smallest absolute Gasteiger partial charge is 0.152 e. The van der Waals surface area contributed by atoms with Crippen molar-refractivity contribution in [2.24, 2.45) is 0 Å². The molecule has 0 aliphatic carbocycles. The summed E-state index contributed by atoms with van der Waals surface area (Å²) in [4.78, 5) is 15.4. The van der Waals surface area contributed by atoms with Crippen LogP contribution in [0.2, 0.25) is 0 Å². The Labute approximate surface area is 108 Å². The predicted molar refractivity (Wildman–Crippen MR) is 72.3 cm³/mol. The van der Waals surface area contributed by atoms with E-state index in [0.717, 1.165) is 16.5 Å². The van der Waals surface area contributed by atoms with Gasteiger partial charge in [0.05, 0.1) is 5.69 Å². The molecule has 84 valence electrons. The number of hydrogen-bond acceptors (Lipinski definition) is 2. The highest BCUT2D eigenvalue weighted by atomic mass is 79.9. The molecule has 1 heterocycles. The first-order valence-corrected chi connectivity index (χ1v) is 5.94. The molecule has 0 radical (unpaired) electrons. The second-order valence-corrected chi connectivity index (χ2v) is 4.29. The van der Waals surface area contributed by atoms with Gasteiger partial charge in [-0.25, -0.2) is 4.98 Å². The lowest BCUT2D eigenvalue weighted by molar-refractivity contribution is -0.103. The number of rotatable bonds is 3. The molecule has 0 atom stereocenters. The number of benzene rings is 1. The molecule has 2 nitrogen and oxygen atoms in total. The van der Waals surface area contributed by atoms with Gasteiger partial charge in [0.1, 0.15) is 4.60 Å². The Bertz CT molecular complexity index is 549. The van der Waals surface area contributed by atoms with Crippen LogP contribution in [-0.2, 0) is 4.79 Å². The molecule has 2 aromatic rings. The van der Waals surface area contributed by atoms with Crippen molar-refractivity contribution in [1.82, 2.24) is 4.98 Å². The van der Waals surface area contributed by atoms with Gasteiger partial charge in [-0.15, -0.1) is 0 Å². The highest BCUT2D eigenvalue weighted by Crippen LogP contribution is 2.16. The number of aldehydes is 1. The van der Waals surface area contributed by atoms with Crippen molar-refractivity contribution in [2.75, 3.05) is 0 Å². The van der Waals surface area contributed by atoms with Crippen LogP contribution in [0.1, 0.15) is 11.3 Å². The van der Waals surface area contributed by atoms with Crippen LogP contribution in [0.4, 0.5) is 0 Å². The molecule has 1 aromatic heterocycles. The van der Waals surface area contributed by atoms with Crippen LogP contribution in [-0.4, -0.2) is 11.3 Å². The minimum absolute atomic E-state index is 0.567. The molecule has 0 amide bonds. The van der Waals surface area contributed by atoms with Crippen LogP contribution in [0.3, 0.4) is 0 Å². The zero-order valence-electron chi connectivity index (χ0n) is 9.01. The molecule has 2 rings (SSSR count). The van der Waals surface area contributed by atoms with Crippen LogP contribution in [0.5, 0.6) is 0 Å². The van der Waals surface area contributed by atoms with Gasteiger partial charge < -0.3 is 0 Å². The van der Waals surface area contributed by atoms with Gasteiger partial charge in [-0.3, -0.25) is 4.79 Å². The van der Waals surface area contributed by atoms with Crippen molar-refractivity contribution in [3.05, 3.63) is 64.4 Å². The third kappa shape index (κ3) is 3.11. The Balaban J connectivity index is 2.41. The van der Waals surface area contributed by atoms with Crippen molar-refractivity contribution in [3.8, 4) is 0 Å². The summed E-state index contributed by atoms with van der Waals surface area (Å²) in [5.74, 6) is 0. The van der Waals surface area contributed by atoms with Gasteiger partial charge in [0.2, 0.25) is 0 Å². The van der Waals surface area contributed by atoms with Gasteiger partial charge >= 0.3 is 0 Å². The number of aromatic nitrogens is 1. The Morgan fingerprint density at radius 1 is 1.06 bits per heavy atom. The van der Waals surface area contributed by atoms with E-state index in [4.69, 9.17) is 0 Å². The standard InChI is InChI=1S/C14H10BrNO/c15-14-8-4-7-13(16-14)12(10-17)9-11-5-2-1-3-6-11/h1-10H. The van der Waals surface area contributed by atoms with E-state index >= 15 is 0 Å². The van der Waals surface area contributed by atoms with E-state index < -0.39 is 0 Å². The van der Waals surface area contributed by atoms with E-state index in [-0.39, 0.29) is 0 Å². The molecule has 0 saturated carbocycles. The van der Waals surface area contributed by atoms with E-state index in [1.165, 1.54) is 0 Å². The quantitative estimate of drug-likeness (QED) is 0.491. The molecular formula is C14H10BrNO. The summed E-state index contributed by atoms with van der Waals surface area (Å²) in [6, 6.07) is 15.2. The summed E-state index contributed by atoms with van der Waals surface area (Å²) >= 11 is 3.29. The lowest BCUT2D eigenvalue weighted by atomic mass is 10.1. The maximum absolute atomic E-state index is 11.1. The number of halogens is 1. The molecule has 0 unspecified atom stereocenters. The average Bonchev–Trinajstić information content (AvgIpc) is 2.37. The second-order valence-electron chi connectivity index (χ2n) is 3.47. The number of allylic oxidation sites excluding steroid dienone is 1. The summed E-state index contributed by atoms with van der Waals surface area (Å²) in [6.07, 6.45) is 2.64. The van der Waals surface area contributed by atoms with E-state index in [9.17, 15) is 4.79 Å². The van der Waals surface area contributed by atoms with Gasteiger partial charge in [-0.1, -0.05) is 36.4 Å². The first kappa shape index (κ1) is 11.7. The lowest BCUT2D eigenvalue weighted by Gasteiger charge is -2.00. The summed E-state index contributed by atoms with van der Waals surface area (Å²) in [6.45, 7) is 0. The van der Waals surface area contributed by atoms with E-state index in [0.29, 0.717) is 11.3 Å². The molecule has 0 aliphatic heterocycles. The maximum atomic E-state index is 11.1. The summed E-state index contributed by atoms with van der Waals surface area (Å²) in [7, 11) is 0. The molecule has 0 spiro atoms. The van der Waals surface area contributed by atoms with Crippen LogP contribution >= 0.6 is 15.9 Å². The number of hydrogen-bond donors (Lipinski definition) is 0. The first-order chi connectivity index (χ1) is 8.29. The number of nitrogens with zero attached hydrogens (tertiary/aromatic N) is 1.